The predicted octanol–water partition coefficient (Wildman–Crippen LogP) is 2.11. The summed E-state index contributed by atoms with van der Waals surface area (Å²) in [5, 5.41) is 9.41. The van der Waals surface area contributed by atoms with Gasteiger partial charge in [-0.2, -0.15) is 0 Å². The number of aromatic nitrogens is 2. The van der Waals surface area contributed by atoms with E-state index >= 15 is 0 Å². The molecule has 1 heterocycles. The molecule has 88 valence electrons. The van der Waals surface area contributed by atoms with Crippen molar-refractivity contribution in [2.45, 2.75) is 51.4 Å². The van der Waals surface area contributed by atoms with E-state index in [1.54, 1.807) is 0 Å². The van der Waals surface area contributed by atoms with Gasteiger partial charge in [-0.15, -0.1) is 0 Å². The lowest BCUT2D eigenvalue weighted by Gasteiger charge is -2.20. The van der Waals surface area contributed by atoms with E-state index in [4.69, 9.17) is 0 Å². The van der Waals surface area contributed by atoms with Gasteiger partial charge in [-0.3, -0.25) is 0 Å². The van der Waals surface area contributed by atoms with E-state index in [1.807, 2.05) is 13.0 Å². The summed E-state index contributed by atoms with van der Waals surface area (Å²) in [6, 6.07) is 2.04. The molecular weight excluding hydrogens is 200 g/mol. The topological polar surface area (TPSA) is 46.0 Å². The third-order valence-corrected chi connectivity index (χ3v) is 3.25. The lowest BCUT2D eigenvalue weighted by molar-refractivity contribution is 0.249. The molecule has 0 aromatic carbocycles. The Morgan fingerprint density at radius 1 is 1.31 bits per heavy atom. The molecule has 0 radical (unpaired) electrons. The van der Waals surface area contributed by atoms with E-state index in [-0.39, 0.29) is 17.4 Å². The number of hydrogen-bond donors (Lipinski definition) is 1. The fraction of sp³-hybridized carbons (Fsp3) is 0.692. The molecule has 0 unspecified atom stereocenters. The van der Waals surface area contributed by atoms with Gasteiger partial charge in [0.2, 0.25) is 0 Å². The maximum atomic E-state index is 9.41. The lowest BCUT2D eigenvalue weighted by Crippen LogP contribution is -2.22. The van der Waals surface area contributed by atoms with E-state index < -0.39 is 0 Å². The minimum absolute atomic E-state index is 0.0357. The molecule has 1 aliphatic carbocycles. The highest BCUT2D eigenvalue weighted by molar-refractivity contribution is 5.24. The monoisotopic (exact) mass is 220 g/mol. The Bertz CT molecular complexity index is 403. The Morgan fingerprint density at radius 3 is 2.38 bits per heavy atom. The van der Waals surface area contributed by atoms with Gasteiger partial charge >= 0.3 is 0 Å². The summed E-state index contributed by atoms with van der Waals surface area (Å²) in [6.45, 7) is 8.61. The summed E-state index contributed by atoms with van der Waals surface area (Å²) >= 11 is 0. The van der Waals surface area contributed by atoms with Crippen molar-refractivity contribution in [3.63, 3.8) is 0 Å². The van der Waals surface area contributed by atoms with Crippen molar-refractivity contribution in [1.29, 1.82) is 0 Å². The third-order valence-electron chi connectivity index (χ3n) is 3.25. The standard InChI is InChI=1S/C13H20N2O/c1-9-7-10(12(2,3)4)15-11(14-9)13(8-16)5-6-13/h7,16H,5-6,8H2,1-4H3. The number of aryl methyl sites for hydroxylation is 1. The molecule has 1 fully saturated rings. The van der Waals surface area contributed by atoms with Crippen molar-refractivity contribution in [3.8, 4) is 0 Å². The predicted molar refractivity (Wildman–Crippen MR) is 63.5 cm³/mol. The molecule has 0 atom stereocenters. The van der Waals surface area contributed by atoms with Crippen LogP contribution in [0, 0.1) is 6.92 Å². The summed E-state index contributed by atoms with van der Waals surface area (Å²) in [6.07, 6.45) is 2.02. The molecule has 1 aromatic heterocycles. The minimum Gasteiger partial charge on any atom is -0.395 e. The highest BCUT2D eigenvalue weighted by Crippen LogP contribution is 2.46. The Kier molecular flexibility index (Phi) is 2.54. The number of rotatable bonds is 2. The number of nitrogens with zero attached hydrogens (tertiary/aromatic N) is 2. The molecule has 0 bridgehead atoms. The lowest BCUT2D eigenvalue weighted by atomic mass is 9.91. The van der Waals surface area contributed by atoms with Gasteiger partial charge in [0.15, 0.2) is 0 Å². The molecule has 3 heteroatoms. The highest BCUT2D eigenvalue weighted by Gasteiger charge is 2.47. The first-order chi connectivity index (χ1) is 7.37. The van der Waals surface area contributed by atoms with Gasteiger partial charge < -0.3 is 5.11 Å². The highest BCUT2D eigenvalue weighted by atomic mass is 16.3. The summed E-state index contributed by atoms with van der Waals surface area (Å²) in [4.78, 5) is 9.12. The second kappa shape index (κ2) is 3.52. The van der Waals surface area contributed by atoms with Crippen molar-refractivity contribution < 1.29 is 5.11 Å². The Morgan fingerprint density at radius 2 is 1.94 bits per heavy atom. The van der Waals surface area contributed by atoms with Crippen LogP contribution in [0.2, 0.25) is 0 Å². The molecular formula is C13H20N2O. The van der Waals surface area contributed by atoms with Crippen molar-refractivity contribution in [2.75, 3.05) is 6.61 Å². The Balaban J connectivity index is 2.45. The van der Waals surface area contributed by atoms with Crippen LogP contribution < -0.4 is 0 Å². The molecule has 0 amide bonds. The van der Waals surface area contributed by atoms with E-state index in [9.17, 15) is 5.11 Å². The van der Waals surface area contributed by atoms with Gasteiger partial charge in [-0.25, -0.2) is 9.97 Å². The molecule has 2 rings (SSSR count). The van der Waals surface area contributed by atoms with Crippen molar-refractivity contribution in [3.05, 3.63) is 23.3 Å². The average molecular weight is 220 g/mol. The number of hydrogen-bond acceptors (Lipinski definition) is 3. The summed E-state index contributed by atoms with van der Waals surface area (Å²) < 4.78 is 0. The zero-order chi connectivity index (χ0) is 12.0. The zero-order valence-electron chi connectivity index (χ0n) is 10.5. The maximum Gasteiger partial charge on any atom is 0.137 e. The zero-order valence-corrected chi connectivity index (χ0v) is 10.5. The van der Waals surface area contributed by atoms with E-state index in [1.165, 1.54) is 0 Å². The summed E-state index contributed by atoms with van der Waals surface area (Å²) in [7, 11) is 0. The Labute approximate surface area is 96.9 Å². The normalized spacial score (nSPS) is 18.6. The SMILES string of the molecule is Cc1cc(C(C)(C)C)nc(C2(CO)CC2)n1. The van der Waals surface area contributed by atoms with Crippen molar-refractivity contribution >= 4 is 0 Å². The van der Waals surface area contributed by atoms with E-state index in [2.05, 4.69) is 30.7 Å². The fourth-order valence-corrected chi connectivity index (χ4v) is 1.79. The van der Waals surface area contributed by atoms with Crippen molar-refractivity contribution in [1.82, 2.24) is 9.97 Å². The van der Waals surface area contributed by atoms with Crippen LogP contribution in [-0.4, -0.2) is 21.7 Å². The largest absolute Gasteiger partial charge is 0.395 e. The van der Waals surface area contributed by atoms with E-state index in [0.29, 0.717) is 0 Å². The second-order valence-corrected chi connectivity index (χ2v) is 5.91. The van der Waals surface area contributed by atoms with Gasteiger partial charge in [0.1, 0.15) is 5.82 Å². The molecule has 0 spiro atoms. The summed E-state index contributed by atoms with van der Waals surface area (Å²) in [5.41, 5.74) is 1.96. The van der Waals surface area contributed by atoms with Gasteiger partial charge in [-0.05, 0) is 25.8 Å². The molecule has 0 aliphatic heterocycles. The van der Waals surface area contributed by atoms with Crippen LogP contribution in [0.5, 0.6) is 0 Å². The minimum atomic E-state index is -0.133. The molecule has 1 saturated carbocycles. The first-order valence-corrected chi connectivity index (χ1v) is 5.85. The van der Waals surface area contributed by atoms with Gasteiger partial charge in [0.25, 0.3) is 0 Å². The maximum absolute atomic E-state index is 9.41. The molecule has 0 saturated heterocycles. The molecule has 1 aromatic rings. The van der Waals surface area contributed by atoms with Crippen LogP contribution >= 0.6 is 0 Å². The quantitative estimate of drug-likeness (QED) is 0.830. The molecule has 1 aliphatic rings. The summed E-state index contributed by atoms with van der Waals surface area (Å²) in [5.74, 6) is 0.833. The van der Waals surface area contributed by atoms with Crippen LogP contribution in [0.3, 0.4) is 0 Å². The first-order valence-electron chi connectivity index (χ1n) is 5.85. The fourth-order valence-electron chi connectivity index (χ4n) is 1.79. The molecule has 1 N–H and O–H groups in total. The average Bonchev–Trinajstić information content (AvgIpc) is 2.96. The van der Waals surface area contributed by atoms with Crippen LogP contribution in [-0.2, 0) is 10.8 Å². The van der Waals surface area contributed by atoms with Crippen LogP contribution in [0.15, 0.2) is 6.07 Å². The van der Waals surface area contributed by atoms with Gasteiger partial charge in [0.05, 0.1) is 12.0 Å². The molecule has 3 nitrogen and oxygen atoms in total. The number of aliphatic hydroxyl groups excluding tert-OH is 1. The van der Waals surface area contributed by atoms with E-state index in [0.717, 1.165) is 30.1 Å². The number of aliphatic hydroxyl groups is 1. The van der Waals surface area contributed by atoms with Crippen LogP contribution in [0.4, 0.5) is 0 Å². The van der Waals surface area contributed by atoms with Gasteiger partial charge in [-0.1, -0.05) is 20.8 Å². The first kappa shape index (κ1) is 11.5. The van der Waals surface area contributed by atoms with Crippen molar-refractivity contribution in [2.24, 2.45) is 0 Å². The molecule has 16 heavy (non-hydrogen) atoms. The third kappa shape index (κ3) is 1.96. The smallest absolute Gasteiger partial charge is 0.137 e. The van der Waals surface area contributed by atoms with Crippen LogP contribution in [0.1, 0.15) is 50.8 Å². The second-order valence-electron chi connectivity index (χ2n) is 5.91. The van der Waals surface area contributed by atoms with Crippen LogP contribution in [0.25, 0.3) is 0 Å². The Hall–Kier alpha value is -0.960. The van der Waals surface area contributed by atoms with Gasteiger partial charge in [0, 0.05) is 16.8 Å².